The molecule has 2 aromatic carbocycles. The van der Waals surface area contributed by atoms with Crippen LogP contribution in [0.25, 0.3) is 0 Å². The number of allylic oxidation sites excluding steroid dienone is 2. The molecule has 0 unspecified atom stereocenters. The molecule has 0 saturated heterocycles. The third-order valence-corrected chi connectivity index (χ3v) is 8.09. The molecule has 1 aliphatic carbocycles. The molecule has 5 rings (SSSR count). The van der Waals surface area contributed by atoms with Crippen LogP contribution >= 0.6 is 0 Å². The third kappa shape index (κ3) is 3.56. The Hall–Kier alpha value is -3.41. The number of benzene rings is 2. The second kappa shape index (κ2) is 8.30. The van der Waals surface area contributed by atoms with E-state index < -0.39 is 22.9 Å². The van der Waals surface area contributed by atoms with Gasteiger partial charge in [-0.15, -0.1) is 0 Å². The summed E-state index contributed by atoms with van der Waals surface area (Å²) in [6, 6.07) is 9.51. The molecule has 2 aromatic rings. The molecular weight excluding hydrogens is 468 g/mol. The van der Waals surface area contributed by atoms with E-state index in [1.54, 1.807) is 34.6 Å². The van der Waals surface area contributed by atoms with Crippen LogP contribution in [0, 0.1) is 23.7 Å². The Kier molecular flexibility index (Phi) is 5.67. The minimum absolute atomic E-state index is 0.0972. The first-order valence-electron chi connectivity index (χ1n) is 12.9. The van der Waals surface area contributed by atoms with Crippen LogP contribution in [0.15, 0.2) is 41.7 Å². The number of ether oxygens (including phenoxy) is 2. The van der Waals surface area contributed by atoms with E-state index in [0.717, 1.165) is 5.56 Å². The molecule has 2 heterocycles. The van der Waals surface area contributed by atoms with Gasteiger partial charge in [0.1, 0.15) is 34.7 Å². The maximum absolute atomic E-state index is 13.8. The lowest BCUT2D eigenvalue weighted by Gasteiger charge is -2.45. The molecule has 0 spiro atoms. The number of carbonyl (C=O) groups is 3. The largest absolute Gasteiger partial charge is 0.507 e. The zero-order chi connectivity index (χ0) is 27.0. The van der Waals surface area contributed by atoms with E-state index in [2.05, 4.69) is 0 Å². The van der Waals surface area contributed by atoms with Crippen LogP contribution < -0.4 is 9.47 Å². The summed E-state index contributed by atoms with van der Waals surface area (Å²) in [4.78, 5) is 40.7. The summed E-state index contributed by atoms with van der Waals surface area (Å²) in [5, 5.41) is 11.6. The predicted octanol–water partition coefficient (Wildman–Crippen LogP) is 6.39. The third-order valence-electron chi connectivity index (χ3n) is 8.09. The number of carbonyl (C=O) groups excluding carboxylic acids is 3. The number of aromatic hydroxyl groups is 1. The Balaban J connectivity index is 1.75. The van der Waals surface area contributed by atoms with Crippen molar-refractivity contribution in [3.8, 4) is 17.2 Å². The molecule has 0 fully saturated rings. The second-order valence-corrected chi connectivity index (χ2v) is 12.0. The fourth-order valence-electron chi connectivity index (χ4n) is 6.23. The average Bonchev–Trinajstić information content (AvgIpc) is 2.84. The molecule has 0 amide bonds. The van der Waals surface area contributed by atoms with Crippen molar-refractivity contribution in [1.82, 2.24) is 0 Å². The van der Waals surface area contributed by atoms with Crippen LogP contribution in [-0.2, 0) is 9.59 Å². The molecule has 0 aromatic heterocycles. The Bertz CT molecular complexity index is 1380. The number of ketones is 3. The highest BCUT2D eigenvalue weighted by Gasteiger charge is 2.57. The molecule has 1 N–H and O–H groups in total. The number of phenolic OH excluding ortho intramolecular Hbond substituents is 1. The van der Waals surface area contributed by atoms with E-state index in [1.165, 1.54) is 0 Å². The summed E-state index contributed by atoms with van der Waals surface area (Å²) < 4.78 is 12.8. The second-order valence-electron chi connectivity index (χ2n) is 12.0. The van der Waals surface area contributed by atoms with Gasteiger partial charge in [-0.2, -0.15) is 0 Å². The van der Waals surface area contributed by atoms with Gasteiger partial charge >= 0.3 is 0 Å². The number of hydrogen-bond acceptors (Lipinski definition) is 6. The van der Waals surface area contributed by atoms with E-state index in [0.29, 0.717) is 40.4 Å². The molecule has 0 saturated carbocycles. The molecule has 2 atom stereocenters. The molecule has 3 aliphatic rings. The van der Waals surface area contributed by atoms with Gasteiger partial charge in [0.25, 0.3) is 0 Å². The number of phenols is 1. The van der Waals surface area contributed by atoms with Crippen molar-refractivity contribution in [1.29, 1.82) is 0 Å². The van der Waals surface area contributed by atoms with E-state index in [9.17, 15) is 19.5 Å². The summed E-state index contributed by atoms with van der Waals surface area (Å²) in [7, 11) is 0. The minimum atomic E-state index is -1.22. The first-order valence-corrected chi connectivity index (χ1v) is 12.9. The number of fused-ring (bicyclic) bond motifs is 2. The van der Waals surface area contributed by atoms with Crippen molar-refractivity contribution in [2.75, 3.05) is 0 Å². The van der Waals surface area contributed by atoms with Gasteiger partial charge in [-0.1, -0.05) is 44.2 Å². The molecular formula is C31H34O6. The standard InChI is InChI=1S/C31H34O6/c1-15(2)13-18-21-24(33)23-19(32)14-20(17-11-9-8-10-12-17)36-26(23)16(3)25(21)37-28-22(18)27(34)30(4,5)29(35)31(28,6)7/h8-12,15,18,20,33H,13-14H2,1-7H3/t18-,20+/m1/s1. The van der Waals surface area contributed by atoms with E-state index >= 15 is 0 Å². The van der Waals surface area contributed by atoms with Crippen LogP contribution in [0.4, 0.5) is 0 Å². The van der Waals surface area contributed by atoms with Gasteiger partial charge in [0.2, 0.25) is 0 Å². The maximum Gasteiger partial charge on any atom is 0.175 e. The smallest absolute Gasteiger partial charge is 0.175 e. The van der Waals surface area contributed by atoms with Crippen molar-refractivity contribution in [2.24, 2.45) is 16.7 Å². The summed E-state index contributed by atoms with van der Waals surface area (Å²) in [6.07, 6.45) is 0.159. The first-order chi connectivity index (χ1) is 17.3. The summed E-state index contributed by atoms with van der Waals surface area (Å²) in [6.45, 7) is 12.8. The fourth-order valence-corrected chi connectivity index (χ4v) is 6.23. The summed E-state index contributed by atoms with van der Waals surface area (Å²) >= 11 is 0. The molecule has 194 valence electrons. The van der Waals surface area contributed by atoms with Crippen molar-refractivity contribution in [3.05, 3.63) is 63.9 Å². The van der Waals surface area contributed by atoms with Gasteiger partial charge in [0.05, 0.1) is 17.3 Å². The molecule has 37 heavy (non-hydrogen) atoms. The monoisotopic (exact) mass is 502 g/mol. The minimum Gasteiger partial charge on any atom is -0.507 e. The molecule has 2 aliphatic heterocycles. The molecule has 6 heteroatoms. The van der Waals surface area contributed by atoms with Crippen LogP contribution in [0.2, 0.25) is 0 Å². The molecule has 0 radical (unpaired) electrons. The highest BCUT2D eigenvalue weighted by atomic mass is 16.5. The predicted molar refractivity (Wildman–Crippen MR) is 139 cm³/mol. The average molecular weight is 503 g/mol. The Morgan fingerprint density at radius 3 is 2.27 bits per heavy atom. The van der Waals surface area contributed by atoms with Crippen LogP contribution in [-0.4, -0.2) is 22.5 Å². The number of Topliss-reactive ketones (excluding diaryl/α,β-unsaturated/α-hetero) is 3. The van der Waals surface area contributed by atoms with Crippen molar-refractivity contribution in [2.45, 2.75) is 73.3 Å². The lowest BCUT2D eigenvalue weighted by atomic mass is 9.59. The van der Waals surface area contributed by atoms with Crippen molar-refractivity contribution in [3.63, 3.8) is 0 Å². The first kappa shape index (κ1) is 25.2. The van der Waals surface area contributed by atoms with Gasteiger partial charge in [-0.25, -0.2) is 0 Å². The zero-order valence-electron chi connectivity index (χ0n) is 22.5. The van der Waals surface area contributed by atoms with Crippen LogP contribution in [0.3, 0.4) is 0 Å². The summed E-state index contributed by atoms with van der Waals surface area (Å²) in [5.41, 5.74) is 0.193. The highest BCUT2D eigenvalue weighted by Crippen LogP contribution is 2.59. The van der Waals surface area contributed by atoms with Gasteiger partial charge in [0.15, 0.2) is 17.3 Å². The van der Waals surface area contributed by atoms with Crippen LogP contribution in [0.5, 0.6) is 17.2 Å². The maximum atomic E-state index is 13.8. The Morgan fingerprint density at radius 2 is 1.65 bits per heavy atom. The van der Waals surface area contributed by atoms with Crippen molar-refractivity contribution < 1.29 is 29.0 Å². The molecule has 0 bridgehead atoms. The fraction of sp³-hybridized carbons (Fsp3) is 0.452. The van der Waals surface area contributed by atoms with Gasteiger partial charge in [-0.05, 0) is 52.5 Å². The van der Waals surface area contributed by atoms with Gasteiger partial charge < -0.3 is 14.6 Å². The number of rotatable bonds is 3. The topological polar surface area (TPSA) is 89.9 Å². The zero-order valence-corrected chi connectivity index (χ0v) is 22.5. The Labute approximate surface area is 217 Å². The van der Waals surface area contributed by atoms with Gasteiger partial charge in [-0.3, -0.25) is 14.4 Å². The van der Waals surface area contributed by atoms with E-state index in [-0.39, 0.29) is 41.0 Å². The summed E-state index contributed by atoms with van der Waals surface area (Å²) in [5.74, 6) is -0.236. The lowest BCUT2D eigenvalue weighted by Crippen LogP contribution is -2.51. The van der Waals surface area contributed by atoms with E-state index in [4.69, 9.17) is 9.47 Å². The van der Waals surface area contributed by atoms with E-state index in [1.807, 2.05) is 44.2 Å². The lowest BCUT2D eigenvalue weighted by molar-refractivity contribution is -0.144. The normalized spacial score (nSPS) is 23.7. The SMILES string of the molecule is Cc1c2c(c(O)c3c1OC1=C(C(=O)C(C)(C)C(=O)C1(C)C)[C@@H]3CC(C)C)C(=O)C[C@@H](c1ccccc1)O2. The highest BCUT2D eigenvalue weighted by molar-refractivity contribution is 6.20. The van der Waals surface area contributed by atoms with Crippen molar-refractivity contribution >= 4 is 17.3 Å². The molecule has 6 nitrogen and oxygen atoms in total. The number of hydrogen-bond donors (Lipinski definition) is 1. The van der Waals surface area contributed by atoms with Gasteiger partial charge in [0, 0.05) is 22.6 Å². The quantitative estimate of drug-likeness (QED) is 0.489. The van der Waals surface area contributed by atoms with Crippen LogP contribution in [0.1, 0.15) is 93.5 Å². The Morgan fingerprint density at radius 1 is 1.00 bits per heavy atom.